The monoisotopic (exact) mass is 252 g/mol. The van der Waals surface area contributed by atoms with Crippen molar-refractivity contribution >= 4 is 5.97 Å². The molecule has 4 saturated carbocycles. The molecule has 3 heteroatoms. The molecule has 0 heterocycles. The highest BCUT2D eigenvalue weighted by Gasteiger charge is 2.62. The van der Waals surface area contributed by atoms with Crippen molar-refractivity contribution in [2.75, 3.05) is 0 Å². The van der Waals surface area contributed by atoms with Crippen molar-refractivity contribution in [3.05, 3.63) is 12.2 Å². The second kappa shape index (κ2) is 3.58. The van der Waals surface area contributed by atoms with Gasteiger partial charge in [0.2, 0.25) is 0 Å². The fourth-order valence-electron chi connectivity index (χ4n) is 4.55. The first-order valence-corrected chi connectivity index (χ1v) is 6.90. The van der Waals surface area contributed by atoms with E-state index in [1.165, 1.54) is 0 Å². The lowest BCUT2D eigenvalue weighted by Gasteiger charge is -2.60. The van der Waals surface area contributed by atoms with Crippen LogP contribution in [0.5, 0.6) is 0 Å². The van der Waals surface area contributed by atoms with Gasteiger partial charge in [-0.15, -0.1) is 0 Å². The Bertz CT molecular complexity index is 399. The molecule has 100 valence electrons. The summed E-state index contributed by atoms with van der Waals surface area (Å²) in [7, 11) is 0. The first-order chi connectivity index (χ1) is 8.32. The summed E-state index contributed by atoms with van der Waals surface area (Å²) in [6, 6.07) is 0. The van der Waals surface area contributed by atoms with E-state index >= 15 is 0 Å². The van der Waals surface area contributed by atoms with E-state index in [0.29, 0.717) is 24.3 Å². The summed E-state index contributed by atoms with van der Waals surface area (Å²) in [5, 5.41) is 0. The van der Waals surface area contributed by atoms with Gasteiger partial charge in [0, 0.05) is 17.4 Å². The third-order valence-corrected chi connectivity index (χ3v) is 5.40. The molecule has 18 heavy (non-hydrogen) atoms. The molecule has 0 aliphatic heterocycles. The van der Waals surface area contributed by atoms with E-state index in [1.54, 1.807) is 6.92 Å². The number of hydrogen-bond acceptors (Lipinski definition) is 2. The van der Waals surface area contributed by atoms with E-state index in [9.17, 15) is 9.18 Å². The van der Waals surface area contributed by atoms with Crippen LogP contribution in [0, 0.1) is 17.8 Å². The summed E-state index contributed by atoms with van der Waals surface area (Å²) in [5.74, 6) is 0.566. The lowest BCUT2D eigenvalue weighted by atomic mass is 9.49. The molecule has 0 N–H and O–H groups in total. The zero-order chi connectivity index (χ0) is 13.1. The number of hydrogen-bond donors (Lipinski definition) is 0. The standard InChI is InChI=1S/C15H21FO2/c1-9(2)13(17)18-14(3)11-4-10-5-12(14)8-15(16,6-10)7-11/h10-12H,1,4-8H2,2-3H3. The van der Waals surface area contributed by atoms with Gasteiger partial charge in [-0.05, 0) is 51.9 Å². The first-order valence-electron chi connectivity index (χ1n) is 6.90. The maximum Gasteiger partial charge on any atom is 0.333 e. The quantitative estimate of drug-likeness (QED) is 0.556. The summed E-state index contributed by atoms with van der Waals surface area (Å²) >= 11 is 0. The van der Waals surface area contributed by atoms with E-state index in [4.69, 9.17) is 4.74 Å². The van der Waals surface area contributed by atoms with Gasteiger partial charge in [-0.2, -0.15) is 0 Å². The van der Waals surface area contributed by atoms with Crippen molar-refractivity contribution in [2.45, 2.75) is 57.2 Å². The Kier molecular flexibility index (Phi) is 2.43. The summed E-state index contributed by atoms with van der Waals surface area (Å²) in [6.07, 6.45) is 3.90. The van der Waals surface area contributed by atoms with Gasteiger partial charge in [0.05, 0.1) is 0 Å². The van der Waals surface area contributed by atoms with Crippen LogP contribution in [0.4, 0.5) is 4.39 Å². The number of carbonyl (C=O) groups is 1. The van der Waals surface area contributed by atoms with Crippen molar-refractivity contribution in [1.82, 2.24) is 0 Å². The largest absolute Gasteiger partial charge is 0.455 e. The number of alkyl halides is 1. The van der Waals surface area contributed by atoms with Crippen molar-refractivity contribution in [2.24, 2.45) is 17.8 Å². The maximum atomic E-state index is 14.6. The smallest absolute Gasteiger partial charge is 0.333 e. The minimum Gasteiger partial charge on any atom is -0.455 e. The van der Waals surface area contributed by atoms with Crippen molar-refractivity contribution < 1.29 is 13.9 Å². The molecule has 2 atom stereocenters. The molecule has 0 spiro atoms. The molecule has 4 aliphatic rings. The lowest BCUT2D eigenvalue weighted by Crippen LogP contribution is -2.62. The van der Waals surface area contributed by atoms with Crippen LogP contribution in [0.3, 0.4) is 0 Å². The Morgan fingerprint density at radius 2 is 1.83 bits per heavy atom. The van der Waals surface area contributed by atoms with Gasteiger partial charge in [-0.3, -0.25) is 0 Å². The summed E-state index contributed by atoms with van der Waals surface area (Å²) < 4.78 is 20.3. The topological polar surface area (TPSA) is 26.3 Å². The first kappa shape index (κ1) is 12.2. The molecule has 4 rings (SSSR count). The third kappa shape index (κ3) is 1.63. The average molecular weight is 252 g/mol. The molecule has 0 saturated heterocycles. The number of esters is 1. The van der Waals surface area contributed by atoms with Gasteiger partial charge < -0.3 is 4.74 Å². The van der Waals surface area contributed by atoms with Crippen molar-refractivity contribution in [3.63, 3.8) is 0 Å². The van der Waals surface area contributed by atoms with E-state index < -0.39 is 11.3 Å². The third-order valence-electron chi connectivity index (χ3n) is 5.40. The Morgan fingerprint density at radius 1 is 1.28 bits per heavy atom. The summed E-state index contributed by atoms with van der Waals surface area (Å²) in [5.41, 5.74) is -1.02. The highest BCUT2D eigenvalue weighted by atomic mass is 19.1. The number of carbonyl (C=O) groups excluding carboxylic acids is 1. The van der Waals surface area contributed by atoms with Gasteiger partial charge in [0.1, 0.15) is 11.3 Å². The van der Waals surface area contributed by atoms with Crippen LogP contribution in [0.15, 0.2) is 12.2 Å². The predicted octanol–water partition coefficient (Wildman–Crippen LogP) is 3.41. The molecule has 0 aromatic heterocycles. The number of halogens is 1. The molecule has 0 aromatic rings. The fraction of sp³-hybridized carbons (Fsp3) is 0.800. The molecule has 2 nitrogen and oxygen atoms in total. The Labute approximate surface area is 108 Å². The normalized spacial score (nSPS) is 49.2. The molecule has 4 aliphatic carbocycles. The molecule has 0 aromatic carbocycles. The van der Waals surface area contributed by atoms with Gasteiger partial charge in [-0.25, -0.2) is 9.18 Å². The summed E-state index contributed by atoms with van der Waals surface area (Å²) in [6.45, 7) is 7.30. The van der Waals surface area contributed by atoms with Crippen LogP contribution in [-0.4, -0.2) is 17.2 Å². The molecule has 0 amide bonds. The molecule has 0 radical (unpaired) electrons. The molecular weight excluding hydrogens is 231 g/mol. The SMILES string of the molecule is C=C(C)C(=O)OC1(C)C2CC3CC1CC(F)(C3)C2. The Balaban J connectivity index is 1.85. The second-order valence-corrected chi connectivity index (χ2v) is 6.85. The zero-order valence-corrected chi connectivity index (χ0v) is 11.2. The van der Waals surface area contributed by atoms with Crippen LogP contribution in [0.25, 0.3) is 0 Å². The molecule has 4 bridgehead atoms. The van der Waals surface area contributed by atoms with E-state index in [-0.39, 0.29) is 17.8 Å². The van der Waals surface area contributed by atoms with Crippen molar-refractivity contribution in [1.29, 1.82) is 0 Å². The maximum absolute atomic E-state index is 14.6. The average Bonchev–Trinajstić information content (AvgIpc) is 2.23. The second-order valence-electron chi connectivity index (χ2n) is 6.85. The molecular formula is C15H21FO2. The van der Waals surface area contributed by atoms with E-state index in [1.807, 2.05) is 6.92 Å². The zero-order valence-electron chi connectivity index (χ0n) is 11.2. The van der Waals surface area contributed by atoms with Gasteiger partial charge in [0.25, 0.3) is 0 Å². The highest BCUT2D eigenvalue weighted by molar-refractivity contribution is 5.87. The Hall–Kier alpha value is -0.860. The predicted molar refractivity (Wildman–Crippen MR) is 66.7 cm³/mol. The molecule has 4 fully saturated rings. The Morgan fingerprint density at radius 3 is 2.28 bits per heavy atom. The van der Waals surface area contributed by atoms with Gasteiger partial charge in [-0.1, -0.05) is 6.58 Å². The lowest BCUT2D eigenvalue weighted by molar-refractivity contribution is -0.218. The highest BCUT2D eigenvalue weighted by Crippen LogP contribution is 2.62. The van der Waals surface area contributed by atoms with Gasteiger partial charge >= 0.3 is 5.97 Å². The van der Waals surface area contributed by atoms with Gasteiger partial charge in [0.15, 0.2) is 0 Å². The van der Waals surface area contributed by atoms with Crippen LogP contribution < -0.4 is 0 Å². The number of ether oxygens (including phenoxy) is 1. The minimum atomic E-state index is -0.981. The fourth-order valence-corrected chi connectivity index (χ4v) is 4.55. The van der Waals surface area contributed by atoms with Crippen molar-refractivity contribution in [3.8, 4) is 0 Å². The van der Waals surface area contributed by atoms with E-state index in [2.05, 4.69) is 6.58 Å². The van der Waals surface area contributed by atoms with Crippen LogP contribution >= 0.6 is 0 Å². The van der Waals surface area contributed by atoms with Crippen LogP contribution in [0.1, 0.15) is 46.0 Å². The van der Waals surface area contributed by atoms with Crippen LogP contribution in [0.2, 0.25) is 0 Å². The molecule has 2 unspecified atom stereocenters. The number of rotatable bonds is 2. The minimum absolute atomic E-state index is 0.192. The van der Waals surface area contributed by atoms with Crippen LogP contribution in [-0.2, 0) is 9.53 Å². The van der Waals surface area contributed by atoms with E-state index in [0.717, 1.165) is 19.3 Å². The summed E-state index contributed by atoms with van der Waals surface area (Å²) in [4.78, 5) is 11.8.